The third-order valence-corrected chi connectivity index (χ3v) is 4.58. The molecule has 0 saturated carbocycles. The molecule has 3 aromatic rings. The first-order valence-corrected chi connectivity index (χ1v) is 8.45. The van der Waals surface area contributed by atoms with Gasteiger partial charge in [-0.15, -0.1) is 0 Å². The van der Waals surface area contributed by atoms with Crippen molar-refractivity contribution < 1.29 is 9.59 Å². The first kappa shape index (κ1) is 16.1. The summed E-state index contributed by atoms with van der Waals surface area (Å²) in [5.41, 5.74) is 3.82. The van der Waals surface area contributed by atoms with Gasteiger partial charge >= 0.3 is 5.69 Å². The summed E-state index contributed by atoms with van der Waals surface area (Å²) in [5, 5.41) is 2.85. The molecule has 1 aromatic heterocycles. The summed E-state index contributed by atoms with van der Waals surface area (Å²) >= 11 is 0. The molecule has 0 fully saturated rings. The molecule has 7 heteroatoms. The lowest BCUT2D eigenvalue weighted by Crippen LogP contribution is -2.31. The van der Waals surface area contributed by atoms with Crippen molar-refractivity contribution in [2.45, 2.75) is 19.5 Å². The molecule has 1 aliphatic heterocycles. The van der Waals surface area contributed by atoms with E-state index in [9.17, 15) is 14.4 Å². The van der Waals surface area contributed by atoms with E-state index in [4.69, 9.17) is 0 Å². The Labute approximate surface area is 149 Å². The molecule has 2 heterocycles. The van der Waals surface area contributed by atoms with Gasteiger partial charge in [0.2, 0.25) is 5.91 Å². The lowest BCUT2D eigenvalue weighted by molar-refractivity contribution is -0.121. The van der Waals surface area contributed by atoms with Crippen molar-refractivity contribution in [2.75, 3.05) is 6.54 Å². The maximum atomic E-state index is 12.3. The molecule has 2 amide bonds. The molecule has 0 atom stereocenters. The highest BCUT2D eigenvalue weighted by atomic mass is 16.2. The standard InChI is InChI=1S/C19H18N4O3/c24-17(7-8-23-11-13-3-1-2-4-14(13)18(23)25)20-10-12-5-6-15-16(9-12)22-19(26)21-15/h1-6,9H,7-8,10-11H2,(H,20,24)(H2,21,22,26). The maximum absolute atomic E-state index is 12.3. The van der Waals surface area contributed by atoms with Crippen LogP contribution >= 0.6 is 0 Å². The largest absolute Gasteiger partial charge is 0.352 e. The number of H-pyrrole nitrogens is 2. The Balaban J connectivity index is 1.30. The number of hydrogen-bond acceptors (Lipinski definition) is 3. The minimum atomic E-state index is -0.252. The number of nitrogens with zero attached hydrogens (tertiary/aromatic N) is 1. The molecule has 132 valence electrons. The first-order valence-electron chi connectivity index (χ1n) is 8.45. The number of aromatic nitrogens is 2. The summed E-state index contributed by atoms with van der Waals surface area (Å²) in [6.07, 6.45) is 0.253. The van der Waals surface area contributed by atoms with Gasteiger partial charge in [-0.25, -0.2) is 4.79 Å². The van der Waals surface area contributed by atoms with Gasteiger partial charge in [0.1, 0.15) is 0 Å². The number of hydrogen-bond donors (Lipinski definition) is 3. The number of benzene rings is 2. The second-order valence-electron chi connectivity index (χ2n) is 6.37. The minimum absolute atomic E-state index is 0.0183. The zero-order chi connectivity index (χ0) is 18.1. The second-order valence-corrected chi connectivity index (χ2v) is 6.37. The number of carbonyl (C=O) groups is 2. The fourth-order valence-corrected chi connectivity index (χ4v) is 3.21. The molecule has 4 rings (SSSR count). The quantitative estimate of drug-likeness (QED) is 0.651. The summed E-state index contributed by atoms with van der Waals surface area (Å²) < 4.78 is 0. The molecule has 0 unspecified atom stereocenters. The van der Waals surface area contributed by atoms with E-state index in [1.54, 1.807) is 11.0 Å². The third kappa shape index (κ3) is 3.11. The Morgan fingerprint density at radius 2 is 1.88 bits per heavy atom. The zero-order valence-corrected chi connectivity index (χ0v) is 14.0. The van der Waals surface area contributed by atoms with E-state index in [-0.39, 0.29) is 23.9 Å². The second kappa shape index (κ2) is 6.51. The summed E-state index contributed by atoms with van der Waals surface area (Å²) in [7, 11) is 0. The highest BCUT2D eigenvalue weighted by Crippen LogP contribution is 2.22. The van der Waals surface area contributed by atoms with E-state index in [1.165, 1.54) is 0 Å². The lowest BCUT2D eigenvalue weighted by Gasteiger charge is -2.15. The van der Waals surface area contributed by atoms with E-state index in [0.717, 1.165) is 22.2 Å². The van der Waals surface area contributed by atoms with Crippen molar-refractivity contribution in [2.24, 2.45) is 0 Å². The molecule has 7 nitrogen and oxygen atoms in total. The Kier molecular flexibility index (Phi) is 4.04. The molecule has 0 bridgehead atoms. The zero-order valence-electron chi connectivity index (χ0n) is 14.0. The van der Waals surface area contributed by atoms with Crippen LogP contribution in [0.25, 0.3) is 11.0 Å². The Hall–Kier alpha value is -3.35. The normalized spacial score (nSPS) is 13.2. The fraction of sp³-hybridized carbons (Fsp3) is 0.211. The molecule has 0 saturated heterocycles. The predicted octanol–water partition coefficient (Wildman–Crippen LogP) is 1.52. The number of fused-ring (bicyclic) bond motifs is 2. The van der Waals surface area contributed by atoms with Crippen molar-refractivity contribution in [3.05, 3.63) is 69.6 Å². The molecule has 0 radical (unpaired) electrons. The number of aromatic amines is 2. The Bertz CT molecular complexity index is 1050. The van der Waals surface area contributed by atoms with Crippen LogP contribution in [0.5, 0.6) is 0 Å². The molecule has 2 aromatic carbocycles. The van der Waals surface area contributed by atoms with Crippen molar-refractivity contribution in [1.82, 2.24) is 20.2 Å². The first-order chi connectivity index (χ1) is 12.6. The van der Waals surface area contributed by atoms with Crippen LogP contribution in [0.3, 0.4) is 0 Å². The van der Waals surface area contributed by atoms with Gasteiger partial charge in [0, 0.05) is 31.6 Å². The third-order valence-electron chi connectivity index (χ3n) is 4.58. The highest BCUT2D eigenvalue weighted by molar-refractivity contribution is 5.98. The molecule has 1 aliphatic rings. The number of imidazole rings is 1. The molecular weight excluding hydrogens is 332 g/mol. The average molecular weight is 350 g/mol. The van der Waals surface area contributed by atoms with Gasteiger partial charge in [-0.3, -0.25) is 9.59 Å². The van der Waals surface area contributed by atoms with Crippen LogP contribution in [0.2, 0.25) is 0 Å². The molecular formula is C19H18N4O3. The van der Waals surface area contributed by atoms with E-state index in [2.05, 4.69) is 15.3 Å². The number of rotatable bonds is 5. The van der Waals surface area contributed by atoms with E-state index < -0.39 is 0 Å². The van der Waals surface area contributed by atoms with Crippen LogP contribution in [-0.2, 0) is 17.9 Å². The summed E-state index contributed by atoms with van der Waals surface area (Å²) in [5.74, 6) is -0.133. The van der Waals surface area contributed by atoms with Crippen molar-refractivity contribution in [3.63, 3.8) is 0 Å². The van der Waals surface area contributed by atoms with Gasteiger partial charge in [0.25, 0.3) is 5.91 Å². The van der Waals surface area contributed by atoms with E-state index >= 15 is 0 Å². The van der Waals surface area contributed by atoms with Crippen LogP contribution in [0.15, 0.2) is 47.3 Å². The molecule has 0 aliphatic carbocycles. The Morgan fingerprint density at radius 3 is 2.73 bits per heavy atom. The molecule has 3 N–H and O–H groups in total. The van der Waals surface area contributed by atoms with Gasteiger partial charge in [-0.2, -0.15) is 0 Å². The van der Waals surface area contributed by atoms with Gasteiger partial charge in [-0.1, -0.05) is 24.3 Å². The summed E-state index contributed by atoms with van der Waals surface area (Å²) in [6, 6.07) is 13.0. The van der Waals surface area contributed by atoms with Crippen molar-refractivity contribution in [3.8, 4) is 0 Å². The van der Waals surface area contributed by atoms with Crippen LogP contribution in [0, 0.1) is 0 Å². The van der Waals surface area contributed by atoms with Crippen molar-refractivity contribution in [1.29, 1.82) is 0 Å². The van der Waals surface area contributed by atoms with Gasteiger partial charge in [0.15, 0.2) is 0 Å². The topological polar surface area (TPSA) is 98.1 Å². The maximum Gasteiger partial charge on any atom is 0.323 e. The van der Waals surface area contributed by atoms with Gasteiger partial charge in [-0.05, 0) is 29.3 Å². The van der Waals surface area contributed by atoms with Gasteiger partial charge < -0.3 is 20.2 Å². The predicted molar refractivity (Wildman–Crippen MR) is 96.6 cm³/mol. The summed E-state index contributed by atoms with van der Waals surface area (Å²) in [4.78, 5) is 42.7. The summed E-state index contributed by atoms with van der Waals surface area (Å²) in [6.45, 7) is 1.32. The van der Waals surface area contributed by atoms with Gasteiger partial charge in [0.05, 0.1) is 11.0 Å². The number of carbonyl (C=O) groups excluding carboxylic acids is 2. The average Bonchev–Trinajstić information content (AvgIpc) is 3.17. The monoisotopic (exact) mass is 350 g/mol. The smallest absolute Gasteiger partial charge is 0.323 e. The van der Waals surface area contributed by atoms with Crippen LogP contribution in [0.4, 0.5) is 0 Å². The van der Waals surface area contributed by atoms with E-state index in [1.807, 2.05) is 36.4 Å². The van der Waals surface area contributed by atoms with Crippen LogP contribution in [0.1, 0.15) is 27.9 Å². The fourth-order valence-electron chi connectivity index (χ4n) is 3.21. The number of nitrogens with one attached hydrogen (secondary N) is 3. The molecule has 0 spiro atoms. The highest BCUT2D eigenvalue weighted by Gasteiger charge is 2.26. The molecule has 26 heavy (non-hydrogen) atoms. The minimum Gasteiger partial charge on any atom is -0.352 e. The van der Waals surface area contributed by atoms with Crippen LogP contribution in [-0.4, -0.2) is 33.2 Å². The number of amides is 2. The van der Waals surface area contributed by atoms with E-state index in [0.29, 0.717) is 25.2 Å². The SMILES string of the molecule is O=C(CCN1Cc2ccccc2C1=O)NCc1ccc2[nH]c(=O)[nH]c2c1. The van der Waals surface area contributed by atoms with Crippen LogP contribution < -0.4 is 11.0 Å². The van der Waals surface area contributed by atoms with Crippen molar-refractivity contribution >= 4 is 22.8 Å². The Morgan fingerprint density at radius 1 is 1.08 bits per heavy atom. The lowest BCUT2D eigenvalue weighted by atomic mass is 10.1.